The van der Waals surface area contributed by atoms with Crippen LogP contribution in [0.3, 0.4) is 0 Å². The van der Waals surface area contributed by atoms with Gasteiger partial charge in [-0.3, -0.25) is 4.79 Å². The summed E-state index contributed by atoms with van der Waals surface area (Å²) in [5.74, 6) is -0.178. The van der Waals surface area contributed by atoms with Gasteiger partial charge in [0.15, 0.2) is 0 Å². The van der Waals surface area contributed by atoms with Gasteiger partial charge in [0.25, 0.3) is 5.91 Å². The second kappa shape index (κ2) is 7.41. The quantitative estimate of drug-likeness (QED) is 0.740. The number of carbonyl (C=O) groups is 1. The molecule has 0 unspecified atom stereocenters. The van der Waals surface area contributed by atoms with Gasteiger partial charge in [0, 0.05) is 18.8 Å². The molecular weight excluding hydrogens is 256 g/mol. The van der Waals surface area contributed by atoms with Gasteiger partial charge < -0.3 is 19.7 Å². The number of aliphatic hydroxyl groups is 1. The van der Waals surface area contributed by atoms with E-state index in [1.807, 2.05) is 18.4 Å². The van der Waals surface area contributed by atoms with Gasteiger partial charge in [0.2, 0.25) is 0 Å². The minimum Gasteiger partial charge on any atom is -0.394 e. The Morgan fingerprint density at radius 2 is 2.28 bits per heavy atom. The Morgan fingerprint density at radius 1 is 1.56 bits per heavy atom. The molecule has 1 rings (SSSR count). The Balaban J connectivity index is 2.51. The molecule has 5 nitrogen and oxygen atoms in total. The molecule has 0 fully saturated rings. The summed E-state index contributed by atoms with van der Waals surface area (Å²) in [5, 5.41) is 11.8. The van der Waals surface area contributed by atoms with Crippen molar-refractivity contribution in [2.75, 3.05) is 26.4 Å². The number of halogens is 1. The summed E-state index contributed by atoms with van der Waals surface area (Å²) in [7, 11) is 0. The fourth-order valence-electron chi connectivity index (χ4n) is 1.55. The number of nitrogens with one attached hydrogen (secondary N) is 1. The van der Waals surface area contributed by atoms with Crippen LogP contribution in [0.5, 0.6) is 0 Å². The number of nitrogens with zero attached hydrogens (tertiary/aromatic N) is 1. The first kappa shape index (κ1) is 15.0. The summed E-state index contributed by atoms with van der Waals surface area (Å²) in [6.45, 7) is 5.01. The third-order valence-electron chi connectivity index (χ3n) is 2.37. The SMILES string of the molecule is CC(C)n1cc(Cl)cc1C(=O)NCCOCCO. The molecule has 2 N–H and O–H groups in total. The molecule has 0 radical (unpaired) electrons. The second-order valence-electron chi connectivity index (χ2n) is 4.14. The van der Waals surface area contributed by atoms with Crippen molar-refractivity contribution in [3.05, 3.63) is 23.0 Å². The summed E-state index contributed by atoms with van der Waals surface area (Å²) in [4.78, 5) is 11.9. The summed E-state index contributed by atoms with van der Waals surface area (Å²) in [5.41, 5.74) is 0.539. The minimum atomic E-state index is -0.178. The van der Waals surface area contributed by atoms with Gasteiger partial charge in [-0.25, -0.2) is 0 Å². The van der Waals surface area contributed by atoms with Crippen LogP contribution in [0.4, 0.5) is 0 Å². The normalized spacial score (nSPS) is 10.9. The van der Waals surface area contributed by atoms with E-state index in [4.69, 9.17) is 21.4 Å². The van der Waals surface area contributed by atoms with Crippen LogP contribution in [0.25, 0.3) is 0 Å². The van der Waals surface area contributed by atoms with E-state index in [2.05, 4.69) is 5.32 Å². The number of hydrogen-bond acceptors (Lipinski definition) is 3. The van der Waals surface area contributed by atoms with Crippen molar-refractivity contribution in [3.8, 4) is 0 Å². The lowest BCUT2D eigenvalue weighted by molar-refractivity contribution is 0.0832. The van der Waals surface area contributed by atoms with E-state index < -0.39 is 0 Å². The molecule has 0 saturated carbocycles. The van der Waals surface area contributed by atoms with Crippen molar-refractivity contribution in [2.45, 2.75) is 19.9 Å². The zero-order valence-corrected chi connectivity index (χ0v) is 11.4. The van der Waals surface area contributed by atoms with E-state index in [-0.39, 0.29) is 25.2 Å². The predicted octanol–water partition coefficient (Wildman–Crippen LogP) is 1.46. The van der Waals surface area contributed by atoms with Crippen molar-refractivity contribution >= 4 is 17.5 Å². The first-order chi connectivity index (χ1) is 8.56. The van der Waals surface area contributed by atoms with Crippen LogP contribution in [0.1, 0.15) is 30.4 Å². The first-order valence-corrected chi connectivity index (χ1v) is 6.28. The maximum absolute atomic E-state index is 11.9. The molecule has 0 aliphatic rings. The lowest BCUT2D eigenvalue weighted by atomic mass is 10.3. The highest BCUT2D eigenvalue weighted by atomic mass is 35.5. The Labute approximate surface area is 112 Å². The smallest absolute Gasteiger partial charge is 0.268 e. The maximum Gasteiger partial charge on any atom is 0.268 e. The minimum absolute atomic E-state index is 0.0141. The van der Waals surface area contributed by atoms with Crippen molar-refractivity contribution in [1.29, 1.82) is 0 Å². The Hall–Kier alpha value is -1.04. The predicted molar refractivity (Wildman–Crippen MR) is 70.1 cm³/mol. The van der Waals surface area contributed by atoms with Gasteiger partial charge in [-0.05, 0) is 19.9 Å². The Kier molecular flexibility index (Phi) is 6.18. The summed E-state index contributed by atoms with van der Waals surface area (Å²) >= 11 is 5.90. The number of aromatic nitrogens is 1. The van der Waals surface area contributed by atoms with Crippen LogP contribution in [-0.4, -0.2) is 41.9 Å². The summed E-state index contributed by atoms with van der Waals surface area (Å²) in [6, 6.07) is 1.81. The van der Waals surface area contributed by atoms with Gasteiger partial charge >= 0.3 is 0 Å². The molecule has 18 heavy (non-hydrogen) atoms. The number of carbonyl (C=O) groups excluding carboxylic acids is 1. The molecule has 1 aromatic heterocycles. The molecule has 102 valence electrons. The molecule has 1 amide bonds. The molecular formula is C12H19ClN2O3. The number of rotatable bonds is 7. The molecule has 0 aromatic carbocycles. The van der Waals surface area contributed by atoms with Gasteiger partial charge in [0.1, 0.15) is 5.69 Å². The number of ether oxygens (including phenoxy) is 1. The van der Waals surface area contributed by atoms with Crippen LogP contribution < -0.4 is 5.32 Å². The molecule has 0 saturated heterocycles. The first-order valence-electron chi connectivity index (χ1n) is 5.90. The van der Waals surface area contributed by atoms with Crippen LogP contribution >= 0.6 is 11.6 Å². The molecule has 0 spiro atoms. The summed E-state index contributed by atoms with van der Waals surface area (Å²) < 4.78 is 6.88. The highest BCUT2D eigenvalue weighted by Gasteiger charge is 2.14. The molecule has 0 bridgehead atoms. The molecule has 0 aliphatic carbocycles. The van der Waals surface area contributed by atoms with E-state index in [9.17, 15) is 4.79 Å². The monoisotopic (exact) mass is 274 g/mol. The molecule has 0 atom stereocenters. The zero-order valence-electron chi connectivity index (χ0n) is 10.6. The average molecular weight is 275 g/mol. The third-order valence-corrected chi connectivity index (χ3v) is 2.58. The Bertz CT molecular complexity index is 391. The van der Waals surface area contributed by atoms with Gasteiger partial charge in [-0.2, -0.15) is 0 Å². The summed E-state index contributed by atoms with van der Waals surface area (Å²) in [6.07, 6.45) is 1.74. The highest BCUT2D eigenvalue weighted by molar-refractivity contribution is 6.31. The average Bonchev–Trinajstić information content (AvgIpc) is 2.71. The van der Waals surface area contributed by atoms with Crippen molar-refractivity contribution < 1.29 is 14.6 Å². The van der Waals surface area contributed by atoms with Crippen LogP contribution in [0, 0.1) is 0 Å². The maximum atomic E-state index is 11.9. The standard InChI is InChI=1S/C12H19ClN2O3/c1-9(2)15-8-10(13)7-11(15)12(17)14-3-5-18-6-4-16/h7-9,16H,3-6H2,1-2H3,(H,14,17). The molecule has 6 heteroatoms. The van der Waals surface area contributed by atoms with E-state index in [0.29, 0.717) is 23.9 Å². The van der Waals surface area contributed by atoms with Gasteiger partial charge in [0.05, 0.1) is 24.8 Å². The Morgan fingerprint density at radius 3 is 2.89 bits per heavy atom. The molecule has 1 heterocycles. The van der Waals surface area contributed by atoms with Crippen molar-refractivity contribution in [2.24, 2.45) is 0 Å². The number of hydrogen-bond donors (Lipinski definition) is 2. The van der Waals surface area contributed by atoms with Gasteiger partial charge in [-0.15, -0.1) is 0 Å². The topological polar surface area (TPSA) is 63.5 Å². The molecule has 0 aliphatic heterocycles. The van der Waals surface area contributed by atoms with E-state index in [1.165, 1.54) is 0 Å². The van der Waals surface area contributed by atoms with E-state index in [0.717, 1.165) is 0 Å². The van der Waals surface area contributed by atoms with Crippen LogP contribution in [0.15, 0.2) is 12.3 Å². The third kappa shape index (κ3) is 4.33. The van der Waals surface area contributed by atoms with Crippen LogP contribution in [-0.2, 0) is 4.74 Å². The van der Waals surface area contributed by atoms with Crippen molar-refractivity contribution in [3.63, 3.8) is 0 Å². The highest BCUT2D eigenvalue weighted by Crippen LogP contribution is 2.18. The number of amides is 1. The van der Waals surface area contributed by atoms with Crippen molar-refractivity contribution in [1.82, 2.24) is 9.88 Å². The van der Waals surface area contributed by atoms with E-state index >= 15 is 0 Å². The zero-order chi connectivity index (χ0) is 13.5. The lowest BCUT2D eigenvalue weighted by Gasteiger charge is -2.12. The fraction of sp³-hybridized carbons (Fsp3) is 0.583. The largest absolute Gasteiger partial charge is 0.394 e. The van der Waals surface area contributed by atoms with Crippen LogP contribution in [0.2, 0.25) is 5.02 Å². The van der Waals surface area contributed by atoms with E-state index in [1.54, 1.807) is 12.3 Å². The fourth-order valence-corrected chi connectivity index (χ4v) is 1.76. The number of aliphatic hydroxyl groups excluding tert-OH is 1. The lowest BCUT2D eigenvalue weighted by Crippen LogP contribution is -2.29. The molecule has 1 aromatic rings. The second-order valence-corrected chi connectivity index (χ2v) is 4.57. The van der Waals surface area contributed by atoms with Gasteiger partial charge in [-0.1, -0.05) is 11.6 Å².